The number of carbonyl (C=O) groups is 1. The Morgan fingerprint density at radius 1 is 1.62 bits per heavy atom. The van der Waals surface area contributed by atoms with Crippen LogP contribution in [0.5, 0.6) is 0 Å². The van der Waals surface area contributed by atoms with Crippen LogP contribution in [0.4, 0.5) is 0 Å². The van der Waals surface area contributed by atoms with Crippen LogP contribution in [0.3, 0.4) is 0 Å². The Labute approximate surface area is 85.3 Å². The van der Waals surface area contributed by atoms with Crippen molar-refractivity contribution in [2.45, 2.75) is 13.3 Å². The van der Waals surface area contributed by atoms with Gasteiger partial charge in [0.2, 0.25) is 0 Å². The molecule has 0 atom stereocenters. The van der Waals surface area contributed by atoms with E-state index < -0.39 is 5.97 Å². The van der Waals surface area contributed by atoms with E-state index in [0.717, 1.165) is 0 Å². The smallest absolute Gasteiger partial charge is 0.134 e. The third kappa shape index (κ3) is 2.57. The summed E-state index contributed by atoms with van der Waals surface area (Å²) in [4.78, 5) is 14.2. The minimum absolute atomic E-state index is 0.120. The number of halogens is 2. The first-order valence-corrected chi connectivity index (χ1v) is 4.27. The molecule has 0 unspecified atom stereocenters. The number of hydrogen-bond acceptors (Lipinski definition) is 3. The van der Waals surface area contributed by atoms with E-state index in [-0.39, 0.29) is 11.6 Å². The SMILES string of the molecule is Cc1cc(Cl)c(CC(=O)[O-])c(Cl)n1. The second-order valence-electron chi connectivity index (χ2n) is 2.56. The van der Waals surface area contributed by atoms with Crippen molar-refractivity contribution in [2.75, 3.05) is 0 Å². The maximum atomic E-state index is 10.3. The zero-order valence-electron chi connectivity index (χ0n) is 6.80. The predicted molar refractivity (Wildman–Crippen MR) is 47.7 cm³/mol. The van der Waals surface area contributed by atoms with E-state index in [1.807, 2.05) is 0 Å². The maximum absolute atomic E-state index is 10.3. The zero-order chi connectivity index (χ0) is 10.0. The molecule has 0 aliphatic rings. The van der Waals surface area contributed by atoms with Gasteiger partial charge in [0.1, 0.15) is 5.15 Å². The molecule has 0 amide bonds. The van der Waals surface area contributed by atoms with Gasteiger partial charge in [-0.2, -0.15) is 0 Å². The first-order chi connectivity index (χ1) is 6.00. The topological polar surface area (TPSA) is 53.0 Å². The molecule has 0 aliphatic carbocycles. The van der Waals surface area contributed by atoms with Crippen LogP contribution >= 0.6 is 23.2 Å². The highest BCUT2D eigenvalue weighted by Crippen LogP contribution is 2.23. The third-order valence-corrected chi connectivity index (χ3v) is 2.12. The number of carboxylic acid groups (broad SMARTS) is 1. The van der Waals surface area contributed by atoms with Crippen LogP contribution in [-0.2, 0) is 11.2 Å². The minimum Gasteiger partial charge on any atom is -0.550 e. The number of carbonyl (C=O) groups excluding carboxylic acids is 1. The molecule has 0 saturated heterocycles. The van der Waals surface area contributed by atoms with Crippen LogP contribution in [0, 0.1) is 6.92 Å². The Bertz CT molecular complexity index is 329. The average Bonchev–Trinajstić information content (AvgIpc) is 1.96. The van der Waals surface area contributed by atoms with Crippen molar-refractivity contribution in [3.8, 4) is 0 Å². The lowest BCUT2D eigenvalue weighted by Gasteiger charge is -2.07. The first kappa shape index (κ1) is 10.3. The van der Waals surface area contributed by atoms with Gasteiger partial charge in [-0.25, -0.2) is 4.98 Å². The summed E-state index contributed by atoms with van der Waals surface area (Å²) in [5, 5.41) is 10.7. The summed E-state index contributed by atoms with van der Waals surface area (Å²) in [5.41, 5.74) is 0.950. The van der Waals surface area contributed by atoms with E-state index in [1.54, 1.807) is 13.0 Å². The molecule has 0 saturated carbocycles. The molecule has 1 aromatic rings. The van der Waals surface area contributed by atoms with Crippen molar-refractivity contribution in [1.29, 1.82) is 0 Å². The molecule has 0 aromatic carbocycles. The van der Waals surface area contributed by atoms with Gasteiger partial charge in [0.15, 0.2) is 0 Å². The second-order valence-corrected chi connectivity index (χ2v) is 3.33. The van der Waals surface area contributed by atoms with E-state index in [2.05, 4.69) is 4.98 Å². The molecule has 1 rings (SSSR count). The number of aliphatic carboxylic acids is 1. The van der Waals surface area contributed by atoms with Gasteiger partial charge in [-0.1, -0.05) is 23.2 Å². The molecule has 13 heavy (non-hydrogen) atoms. The molecular weight excluding hydrogens is 213 g/mol. The monoisotopic (exact) mass is 218 g/mol. The van der Waals surface area contributed by atoms with Crippen molar-refractivity contribution >= 4 is 29.2 Å². The highest BCUT2D eigenvalue weighted by Gasteiger charge is 2.08. The molecule has 70 valence electrons. The zero-order valence-corrected chi connectivity index (χ0v) is 8.32. The molecule has 0 bridgehead atoms. The summed E-state index contributed by atoms with van der Waals surface area (Å²) in [6, 6.07) is 1.56. The number of nitrogens with zero attached hydrogens (tertiary/aromatic N) is 1. The standard InChI is InChI=1S/C8H7Cl2NO2/c1-4-2-6(9)5(3-7(12)13)8(10)11-4/h2H,3H2,1H3,(H,12,13)/p-1. The number of pyridine rings is 1. The van der Waals surface area contributed by atoms with Crippen molar-refractivity contribution in [1.82, 2.24) is 4.98 Å². The fourth-order valence-electron chi connectivity index (χ4n) is 0.925. The fraction of sp³-hybridized carbons (Fsp3) is 0.250. The van der Waals surface area contributed by atoms with Crippen LogP contribution in [0.15, 0.2) is 6.07 Å². The van der Waals surface area contributed by atoms with Gasteiger partial charge in [0.25, 0.3) is 0 Å². The van der Waals surface area contributed by atoms with E-state index in [4.69, 9.17) is 23.2 Å². The number of rotatable bonds is 2. The fourth-order valence-corrected chi connectivity index (χ4v) is 1.59. The first-order valence-electron chi connectivity index (χ1n) is 3.52. The lowest BCUT2D eigenvalue weighted by molar-refractivity contribution is -0.304. The quantitative estimate of drug-likeness (QED) is 0.697. The van der Waals surface area contributed by atoms with E-state index in [9.17, 15) is 9.90 Å². The number of carboxylic acids is 1. The summed E-state index contributed by atoms with van der Waals surface area (Å²) >= 11 is 11.5. The van der Waals surface area contributed by atoms with Crippen LogP contribution < -0.4 is 5.11 Å². The Hall–Kier alpha value is -0.800. The largest absolute Gasteiger partial charge is 0.550 e. The Balaban J connectivity index is 3.13. The summed E-state index contributed by atoms with van der Waals surface area (Å²) < 4.78 is 0. The second kappa shape index (κ2) is 3.94. The van der Waals surface area contributed by atoms with Crippen molar-refractivity contribution < 1.29 is 9.90 Å². The average molecular weight is 219 g/mol. The van der Waals surface area contributed by atoms with Gasteiger partial charge in [-0.05, 0) is 13.0 Å². The van der Waals surface area contributed by atoms with Crippen LogP contribution in [0.1, 0.15) is 11.3 Å². The molecule has 5 heteroatoms. The number of aryl methyl sites for hydroxylation is 1. The van der Waals surface area contributed by atoms with Crippen molar-refractivity contribution in [3.63, 3.8) is 0 Å². The molecule has 0 radical (unpaired) electrons. The maximum Gasteiger partial charge on any atom is 0.134 e. The van der Waals surface area contributed by atoms with E-state index in [1.165, 1.54) is 0 Å². The molecule has 1 aromatic heterocycles. The number of hydrogen-bond donors (Lipinski definition) is 0. The summed E-state index contributed by atoms with van der Waals surface area (Å²) in [5.74, 6) is -1.23. The molecule has 0 spiro atoms. The molecule has 0 aliphatic heterocycles. The third-order valence-electron chi connectivity index (χ3n) is 1.47. The molecule has 0 N–H and O–H groups in total. The Morgan fingerprint density at radius 2 is 2.23 bits per heavy atom. The summed E-state index contributed by atoms with van der Waals surface area (Å²) in [7, 11) is 0. The van der Waals surface area contributed by atoms with Crippen LogP contribution in [-0.4, -0.2) is 11.0 Å². The Kier molecular flexibility index (Phi) is 3.12. The lowest BCUT2D eigenvalue weighted by atomic mass is 10.2. The van der Waals surface area contributed by atoms with E-state index in [0.29, 0.717) is 16.3 Å². The lowest BCUT2D eigenvalue weighted by Crippen LogP contribution is -2.24. The number of aromatic nitrogens is 1. The van der Waals surface area contributed by atoms with Gasteiger partial charge in [-0.15, -0.1) is 0 Å². The van der Waals surface area contributed by atoms with Gasteiger partial charge in [-0.3, -0.25) is 0 Å². The minimum atomic E-state index is -1.23. The predicted octanol–water partition coefficient (Wildman–Crippen LogP) is 0.989. The highest BCUT2D eigenvalue weighted by atomic mass is 35.5. The van der Waals surface area contributed by atoms with Gasteiger partial charge < -0.3 is 9.90 Å². The van der Waals surface area contributed by atoms with Crippen LogP contribution in [0.25, 0.3) is 0 Å². The molecular formula is C8H6Cl2NO2-. The van der Waals surface area contributed by atoms with E-state index >= 15 is 0 Å². The molecule has 0 fully saturated rings. The van der Waals surface area contributed by atoms with Gasteiger partial charge in [0.05, 0.1) is 0 Å². The molecule has 1 heterocycles. The summed E-state index contributed by atoms with van der Waals surface area (Å²) in [6.07, 6.45) is -0.315. The summed E-state index contributed by atoms with van der Waals surface area (Å²) in [6.45, 7) is 1.72. The Morgan fingerprint density at radius 3 is 2.69 bits per heavy atom. The van der Waals surface area contributed by atoms with Crippen molar-refractivity contribution in [3.05, 3.63) is 27.5 Å². The normalized spacial score (nSPS) is 10.1. The molecule has 3 nitrogen and oxygen atoms in total. The highest BCUT2D eigenvalue weighted by molar-refractivity contribution is 6.35. The van der Waals surface area contributed by atoms with Crippen molar-refractivity contribution in [2.24, 2.45) is 0 Å². The van der Waals surface area contributed by atoms with Gasteiger partial charge in [0, 0.05) is 28.7 Å². The van der Waals surface area contributed by atoms with Crippen LogP contribution in [0.2, 0.25) is 10.2 Å². The van der Waals surface area contributed by atoms with Gasteiger partial charge >= 0.3 is 0 Å².